The number of hydrogen-bond donors (Lipinski definition) is 3. The van der Waals surface area contributed by atoms with Crippen LogP contribution in [0.3, 0.4) is 0 Å². The fourth-order valence-corrected chi connectivity index (χ4v) is 5.98. The molecule has 2 aromatic rings. The Balaban J connectivity index is 0.00000486. The maximum Gasteiger partial charge on any atom is 0.267 e. The van der Waals surface area contributed by atoms with Crippen LogP contribution in [0.25, 0.3) is 0 Å². The highest BCUT2D eigenvalue weighted by molar-refractivity contribution is 6.00. The largest absolute Gasteiger partial charge is 0.382 e. The molecule has 0 aromatic heterocycles. The Bertz CT molecular complexity index is 1160. The van der Waals surface area contributed by atoms with Gasteiger partial charge in [-0.25, -0.2) is 0 Å². The molecule has 0 radical (unpaired) electrons. The molecule has 1 amide bonds. The van der Waals surface area contributed by atoms with Gasteiger partial charge in [-0.3, -0.25) is 14.6 Å². The van der Waals surface area contributed by atoms with Gasteiger partial charge >= 0.3 is 0 Å². The molecule has 6 nitrogen and oxygen atoms in total. The minimum atomic E-state index is -0.687. The van der Waals surface area contributed by atoms with Gasteiger partial charge in [-0.05, 0) is 80.5 Å². The molecule has 46 heavy (non-hydrogen) atoms. The number of ketones is 1. The molecule has 1 atom stereocenters. The number of benzene rings is 2. The molecule has 0 spiro atoms. The summed E-state index contributed by atoms with van der Waals surface area (Å²) in [7, 11) is 1.67. The third-order valence-corrected chi connectivity index (χ3v) is 8.16. The highest BCUT2D eigenvalue weighted by Gasteiger charge is 2.26. The molecule has 2 aromatic carbocycles. The van der Waals surface area contributed by atoms with Crippen LogP contribution >= 0.6 is 0 Å². The van der Waals surface area contributed by atoms with E-state index in [1.54, 1.807) is 7.05 Å². The summed E-state index contributed by atoms with van der Waals surface area (Å²) in [6, 6.07) is 15.8. The number of amidine groups is 1. The maximum absolute atomic E-state index is 12.9. The number of carbonyl (C=O) groups excluding carboxylic acids is 2. The van der Waals surface area contributed by atoms with Crippen molar-refractivity contribution in [2.24, 2.45) is 10.4 Å². The molecule has 3 N–H and O–H groups in total. The summed E-state index contributed by atoms with van der Waals surface area (Å²) in [6.07, 6.45) is 11.7. The average molecular weight is 635 g/mol. The summed E-state index contributed by atoms with van der Waals surface area (Å²) < 4.78 is 0. The van der Waals surface area contributed by atoms with Gasteiger partial charge in [-0.2, -0.15) is 0 Å². The van der Waals surface area contributed by atoms with E-state index in [1.165, 1.54) is 63.9 Å². The SMILES string of the molecule is C=C(NC(Cc1ccccc1)=NC)C(=O)N[C@@H](CNc1cc(CCCC(CCC)(CCC)CCC)ccc1C)C(C)=O.CC.CC. The Morgan fingerprint density at radius 1 is 0.870 bits per heavy atom. The number of aliphatic imine (C=N–C) groups is 1. The molecule has 258 valence electrons. The molecule has 0 heterocycles. The molecular weight excluding hydrogens is 568 g/mol. The van der Waals surface area contributed by atoms with Crippen LogP contribution in [0.5, 0.6) is 0 Å². The summed E-state index contributed by atoms with van der Waals surface area (Å²) in [4.78, 5) is 29.6. The summed E-state index contributed by atoms with van der Waals surface area (Å²) in [5, 5.41) is 9.27. The Labute approximate surface area is 282 Å². The molecule has 0 aliphatic carbocycles. The van der Waals surface area contributed by atoms with E-state index in [9.17, 15) is 9.59 Å². The lowest BCUT2D eigenvalue weighted by atomic mass is 9.72. The van der Waals surface area contributed by atoms with Crippen LogP contribution < -0.4 is 16.0 Å². The number of carbonyl (C=O) groups is 2. The zero-order chi connectivity index (χ0) is 35.0. The number of anilines is 1. The first-order valence-corrected chi connectivity index (χ1v) is 17.8. The highest BCUT2D eigenvalue weighted by atomic mass is 16.2. The van der Waals surface area contributed by atoms with Crippen LogP contribution in [0, 0.1) is 12.3 Å². The lowest BCUT2D eigenvalue weighted by Gasteiger charge is -2.34. The van der Waals surface area contributed by atoms with Gasteiger partial charge in [0, 0.05) is 25.7 Å². The van der Waals surface area contributed by atoms with E-state index in [1.807, 2.05) is 58.0 Å². The second kappa shape index (κ2) is 24.8. The van der Waals surface area contributed by atoms with Crippen molar-refractivity contribution in [3.8, 4) is 0 Å². The van der Waals surface area contributed by atoms with E-state index >= 15 is 0 Å². The van der Waals surface area contributed by atoms with Crippen LogP contribution in [-0.4, -0.2) is 37.2 Å². The third-order valence-electron chi connectivity index (χ3n) is 8.16. The second-order valence-electron chi connectivity index (χ2n) is 11.7. The summed E-state index contributed by atoms with van der Waals surface area (Å²) in [6.45, 7) is 22.7. The number of aryl methyl sites for hydroxylation is 2. The van der Waals surface area contributed by atoms with Gasteiger partial charge in [0.2, 0.25) is 0 Å². The summed E-state index contributed by atoms with van der Waals surface area (Å²) in [5.74, 6) is 0.0826. The van der Waals surface area contributed by atoms with Crippen molar-refractivity contribution >= 4 is 23.2 Å². The quantitative estimate of drug-likeness (QED) is 0.0816. The molecule has 0 saturated heterocycles. The molecule has 0 unspecified atom stereocenters. The van der Waals surface area contributed by atoms with Gasteiger partial charge in [-0.1, -0.05) is 117 Å². The first kappa shape index (κ1) is 42.6. The number of nitrogens with zero attached hydrogens (tertiary/aromatic N) is 1. The third kappa shape index (κ3) is 15.7. The molecule has 0 aliphatic heterocycles. The molecule has 0 fully saturated rings. The van der Waals surface area contributed by atoms with E-state index in [-0.39, 0.29) is 11.5 Å². The molecule has 0 aliphatic rings. The van der Waals surface area contributed by atoms with Crippen LogP contribution in [0.15, 0.2) is 65.8 Å². The zero-order valence-electron chi connectivity index (χ0n) is 30.9. The summed E-state index contributed by atoms with van der Waals surface area (Å²) in [5.41, 5.74) is 5.11. The van der Waals surface area contributed by atoms with Gasteiger partial charge in [0.25, 0.3) is 5.91 Å². The Kier molecular flexibility index (Phi) is 22.9. The topological polar surface area (TPSA) is 82.6 Å². The fourth-order valence-electron chi connectivity index (χ4n) is 5.98. The van der Waals surface area contributed by atoms with Gasteiger partial charge in [0.1, 0.15) is 11.9 Å². The van der Waals surface area contributed by atoms with Crippen molar-refractivity contribution in [2.45, 2.75) is 133 Å². The van der Waals surface area contributed by atoms with Crippen molar-refractivity contribution in [1.82, 2.24) is 10.6 Å². The highest BCUT2D eigenvalue weighted by Crippen LogP contribution is 2.40. The van der Waals surface area contributed by atoms with E-state index in [0.717, 1.165) is 23.2 Å². The molecular formula is C40H66N4O2. The predicted molar refractivity (Wildman–Crippen MR) is 201 cm³/mol. The zero-order valence-corrected chi connectivity index (χ0v) is 30.9. The van der Waals surface area contributed by atoms with Crippen molar-refractivity contribution in [2.75, 3.05) is 18.9 Å². The number of Topliss-reactive ketones (excluding diaryl/α,β-unsaturated/α-hetero) is 1. The van der Waals surface area contributed by atoms with Crippen LogP contribution in [-0.2, 0) is 22.4 Å². The Hall–Kier alpha value is -3.41. The monoisotopic (exact) mass is 635 g/mol. The number of rotatable bonds is 19. The standard InChI is InChI=1S/C36H54N4O2.2C2H6/c1-8-20-36(21-9-2,22-10-3)23-14-17-31-19-18-27(4)32(24-31)38-26-33(29(6)41)40-35(42)28(5)39-34(37-7)25-30-15-12-11-13-16-30;2*1-2/h11-13,15-16,18-19,24,33,38H,5,8-10,14,17,20-23,25-26H2,1-4,6-7H3,(H,37,39)(H,40,42);2*1-2H3/t33-;;/m0../s1. The van der Waals surface area contributed by atoms with Gasteiger partial charge in [0.15, 0.2) is 5.78 Å². The van der Waals surface area contributed by atoms with Crippen LogP contribution in [0.4, 0.5) is 5.69 Å². The molecule has 2 rings (SSSR count). The van der Waals surface area contributed by atoms with Crippen molar-refractivity contribution in [3.63, 3.8) is 0 Å². The van der Waals surface area contributed by atoms with Crippen LogP contribution in [0.2, 0.25) is 0 Å². The van der Waals surface area contributed by atoms with E-state index in [4.69, 9.17) is 0 Å². The molecule has 6 heteroatoms. The number of nitrogens with one attached hydrogen (secondary N) is 3. The van der Waals surface area contributed by atoms with Crippen molar-refractivity contribution in [1.29, 1.82) is 0 Å². The lowest BCUT2D eigenvalue weighted by Crippen LogP contribution is -2.47. The van der Waals surface area contributed by atoms with Gasteiger partial charge in [-0.15, -0.1) is 0 Å². The molecule has 0 saturated carbocycles. The lowest BCUT2D eigenvalue weighted by molar-refractivity contribution is -0.124. The first-order chi connectivity index (χ1) is 22.2. The van der Waals surface area contributed by atoms with Crippen molar-refractivity contribution < 1.29 is 9.59 Å². The number of hydrogen-bond acceptors (Lipinski definition) is 4. The first-order valence-electron chi connectivity index (χ1n) is 17.8. The summed E-state index contributed by atoms with van der Waals surface area (Å²) >= 11 is 0. The smallest absolute Gasteiger partial charge is 0.267 e. The molecule has 0 bridgehead atoms. The minimum absolute atomic E-state index is 0.120. The number of amides is 1. The fraction of sp³-hybridized carbons (Fsp3) is 0.575. The Morgan fingerprint density at radius 2 is 1.46 bits per heavy atom. The minimum Gasteiger partial charge on any atom is -0.382 e. The normalized spacial score (nSPS) is 11.7. The Morgan fingerprint density at radius 3 is 1.98 bits per heavy atom. The maximum atomic E-state index is 12.9. The second-order valence-corrected chi connectivity index (χ2v) is 11.7. The van der Waals surface area contributed by atoms with Crippen molar-refractivity contribution in [3.05, 3.63) is 77.5 Å². The van der Waals surface area contributed by atoms with Gasteiger partial charge in [0.05, 0.1) is 5.70 Å². The van der Waals surface area contributed by atoms with Gasteiger partial charge < -0.3 is 16.0 Å². The predicted octanol–water partition coefficient (Wildman–Crippen LogP) is 9.62. The van der Waals surface area contributed by atoms with Crippen LogP contribution in [0.1, 0.15) is 123 Å². The average Bonchev–Trinajstić information content (AvgIpc) is 3.06. The van der Waals surface area contributed by atoms with E-state index in [0.29, 0.717) is 24.2 Å². The van der Waals surface area contributed by atoms with E-state index < -0.39 is 11.9 Å². The van der Waals surface area contributed by atoms with E-state index in [2.05, 4.69) is 73.4 Å².